The first-order valence-electron chi connectivity index (χ1n) is 18.9. The van der Waals surface area contributed by atoms with E-state index in [1.165, 1.54) is 81.1 Å². The summed E-state index contributed by atoms with van der Waals surface area (Å²) in [5, 5.41) is 5.07. The summed E-state index contributed by atoms with van der Waals surface area (Å²) in [7, 11) is 0. The van der Waals surface area contributed by atoms with Crippen LogP contribution in [0.2, 0.25) is 0 Å². The predicted molar refractivity (Wildman–Crippen MR) is 234 cm³/mol. The van der Waals surface area contributed by atoms with Crippen LogP contribution in [0.15, 0.2) is 212 Å². The normalized spacial score (nSPS) is 12.9. The molecule has 1 aromatic heterocycles. The van der Waals surface area contributed by atoms with Crippen molar-refractivity contribution < 1.29 is 0 Å². The lowest BCUT2D eigenvalue weighted by Gasteiger charge is -2.35. The van der Waals surface area contributed by atoms with Crippen LogP contribution in [0.5, 0.6) is 0 Å². The molecule has 0 saturated carbocycles. The quantitative estimate of drug-likeness (QED) is 0.166. The zero-order valence-electron chi connectivity index (χ0n) is 30.1. The van der Waals surface area contributed by atoms with Gasteiger partial charge in [0.1, 0.15) is 0 Å². The number of hydrogen-bond acceptors (Lipinski definition) is 2. The summed E-state index contributed by atoms with van der Waals surface area (Å²) in [6, 6.07) is 78.4. The first kappa shape index (κ1) is 31.8. The zero-order valence-corrected chi connectivity index (χ0v) is 30.9. The maximum atomic E-state index is 2.49. The van der Waals surface area contributed by atoms with E-state index in [-0.39, 0.29) is 0 Å². The van der Waals surface area contributed by atoms with Crippen molar-refractivity contribution in [2.24, 2.45) is 0 Å². The molecule has 9 aromatic carbocycles. The molecule has 0 amide bonds. The smallest absolute Gasteiger partial charge is 0.0714 e. The molecule has 0 N–H and O–H groups in total. The Hall–Kier alpha value is -6.74. The van der Waals surface area contributed by atoms with Crippen LogP contribution in [-0.4, -0.2) is 0 Å². The van der Waals surface area contributed by atoms with Crippen LogP contribution in [0.1, 0.15) is 22.3 Å². The maximum Gasteiger partial charge on any atom is 0.0714 e. The van der Waals surface area contributed by atoms with Crippen LogP contribution in [0.4, 0.5) is 17.1 Å². The zero-order chi connectivity index (χ0) is 36.3. The first-order valence-corrected chi connectivity index (χ1v) is 19.7. The van der Waals surface area contributed by atoms with Gasteiger partial charge in [-0.1, -0.05) is 170 Å². The van der Waals surface area contributed by atoms with Crippen LogP contribution >= 0.6 is 11.3 Å². The lowest BCUT2D eigenvalue weighted by atomic mass is 9.67. The molecule has 1 aliphatic carbocycles. The summed E-state index contributed by atoms with van der Waals surface area (Å²) in [6.07, 6.45) is 0. The average molecular weight is 718 g/mol. The van der Waals surface area contributed by atoms with Crippen molar-refractivity contribution in [3.8, 4) is 22.3 Å². The number of anilines is 3. The van der Waals surface area contributed by atoms with E-state index in [1.54, 1.807) is 0 Å². The van der Waals surface area contributed by atoms with Gasteiger partial charge in [-0.2, -0.15) is 0 Å². The van der Waals surface area contributed by atoms with Crippen LogP contribution < -0.4 is 4.90 Å². The van der Waals surface area contributed by atoms with Crippen molar-refractivity contribution in [2.75, 3.05) is 4.90 Å². The number of fused-ring (bicyclic) bond motifs is 7. The fourth-order valence-electron chi connectivity index (χ4n) is 9.10. The molecule has 2 heteroatoms. The number of rotatable bonds is 6. The third-order valence-electron chi connectivity index (χ3n) is 11.5. The Kier molecular flexibility index (Phi) is 7.33. The summed E-state index contributed by atoms with van der Waals surface area (Å²) in [5.74, 6) is 0. The number of nitrogens with zero attached hydrogens (tertiary/aromatic N) is 1. The Morgan fingerprint density at radius 1 is 0.382 bits per heavy atom. The monoisotopic (exact) mass is 717 g/mol. The predicted octanol–water partition coefficient (Wildman–Crippen LogP) is 14.7. The second-order valence-corrected chi connectivity index (χ2v) is 15.5. The third kappa shape index (κ3) is 4.92. The molecule has 1 aliphatic rings. The minimum Gasteiger partial charge on any atom is -0.309 e. The molecule has 0 spiro atoms. The van der Waals surface area contributed by atoms with Gasteiger partial charge >= 0.3 is 0 Å². The van der Waals surface area contributed by atoms with Crippen LogP contribution in [0.25, 0.3) is 53.2 Å². The van der Waals surface area contributed by atoms with E-state index < -0.39 is 5.41 Å². The summed E-state index contributed by atoms with van der Waals surface area (Å²) in [5.41, 5.74) is 13.0. The molecule has 0 unspecified atom stereocenters. The van der Waals surface area contributed by atoms with Gasteiger partial charge in [-0.05, 0) is 97.7 Å². The van der Waals surface area contributed by atoms with Gasteiger partial charge in [-0.3, -0.25) is 0 Å². The van der Waals surface area contributed by atoms with Crippen LogP contribution in [0, 0.1) is 0 Å². The van der Waals surface area contributed by atoms with Crippen molar-refractivity contribution in [2.45, 2.75) is 5.41 Å². The summed E-state index contributed by atoms with van der Waals surface area (Å²) in [6.45, 7) is 0. The maximum absolute atomic E-state index is 2.49. The van der Waals surface area contributed by atoms with E-state index in [9.17, 15) is 0 Å². The molecule has 0 saturated heterocycles. The summed E-state index contributed by atoms with van der Waals surface area (Å²) in [4.78, 5) is 2.49. The van der Waals surface area contributed by atoms with Gasteiger partial charge in [0, 0.05) is 26.8 Å². The van der Waals surface area contributed by atoms with Crippen molar-refractivity contribution in [1.29, 1.82) is 0 Å². The second-order valence-electron chi connectivity index (χ2n) is 14.5. The fraction of sp³-hybridized carbons (Fsp3) is 0.0189. The van der Waals surface area contributed by atoms with E-state index in [0.717, 1.165) is 11.4 Å². The minimum absolute atomic E-state index is 0.493. The Morgan fingerprint density at radius 2 is 1.02 bits per heavy atom. The molecule has 0 fully saturated rings. The molecule has 258 valence electrons. The third-order valence-corrected chi connectivity index (χ3v) is 12.7. The van der Waals surface area contributed by atoms with Gasteiger partial charge in [0.2, 0.25) is 0 Å². The molecular weight excluding hydrogens is 683 g/mol. The van der Waals surface area contributed by atoms with Crippen molar-refractivity contribution >= 4 is 59.3 Å². The van der Waals surface area contributed by atoms with Gasteiger partial charge < -0.3 is 4.90 Å². The second kappa shape index (κ2) is 12.7. The highest BCUT2D eigenvalue weighted by atomic mass is 32.1. The lowest BCUT2D eigenvalue weighted by molar-refractivity contribution is 0.768. The molecular formula is C53H35NS. The SMILES string of the molecule is c1ccc(C2(c3ccccc3)c3ccccc3-c3ccc(N(c4cccc(-c5ccc6ccccc6c5)c4)c4cccc5c4sc4ccccc45)cc32)cc1. The molecule has 1 nitrogen and oxygen atoms in total. The fourth-order valence-corrected chi connectivity index (χ4v) is 10.3. The van der Waals surface area contributed by atoms with E-state index in [1.807, 2.05) is 11.3 Å². The molecule has 11 rings (SSSR count). The van der Waals surface area contributed by atoms with Crippen molar-refractivity contribution in [3.63, 3.8) is 0 Å². The van der Waals surface area contributed by atoms with E-state index in [4.69, 9.17) is 0 Å². The Labute approximate surface area is 325 Å². The van der Waals surface area contributed by atoms with E-state index >= 15 is 0 Å². The highest BCUT2D eigenvalue weighted by Gasteiger charge is 2.46. The van der Waals surface area contributed by atoms with Gasteiger partial charge in [-0.25, -0.2) is 0 Å². The Bertz CT molecular complexity index is 3010. The van der Waals surface area contributed by atoms with Crippen molar-refractivity contribution in [3.05, 3.63) is 235 Å². The Morgan fingerprint density at radius 3 is 1.85 bits per heavy atom. The van der Waals surface area contributed by atoms with E-state index in [0.29, 0.717) is 0 Å². The lowest BCUT2D eigenvalue weighted by Crippen LogP contribution is -2.28. The van der Waals surface area contributed by atoms with Crippen LogP contribution in [0.3, 0.4) is 0 Å². The number of thiophene rings is 1. The van der Waals surface area contributed by atoms with Gasteiger partial charge in [0.05, 0.1) is 15.8 Å². The molecule has 0 radical (unpaired) electrons. The molecule has 0 aliphatic heterocycles. The molecule has 10 aromatic rings. The highest BCUT2D eigenvalue weighted by Crippen LogP contribution is 2.57. The topological polar surface area (TPSA) is 3.24 Å². The Balaban J connectivity index is 1.19. The average Bonchev–Trinajstić information content (AvgIpc) is 3.79. The summed E-state index contributed by atoms with van der Waals surface area (Å²) >= 11 is 1.88. The highest BCUT2D eigenvalue weighted by molar-refractivity contribution is 7.26. The van der Waals surface area contributed by atoms with Gasteiger partial charge in [0.15, 0.2) is 0 Å². The molecule has 0 bridgehead atoms. The molecule has 1 heterocycles. The number of hydrogen-bond donors (Lipinski definition) is 0. The standard InChI is InChI=1S/C53H35NS/c1-3-18-40(19-4-1)53(41-20-5-2-6-21-41)48-26-11-9-23-44(48)45-32-31-43(35-49(45)53)54(50-27-14-25-47-46-24-10-12-28-51(46)55-52(47)50)42-22-13-17-38(34-42)39-30-29-36-15-7-8-16-37(36)33-39/h1-35H. The first-order chi connectivity index (χ1) is 27.3. The molecule has 0 atom stereocenters. The molecule has 55 heavy (non-hydrogen) atoms. The largest absolute Gasteiger partial charge is 0.309 e. The summed E-state index contributed by atoms with van der Waals surface area (Å²) < 4.78 is 2.58. The van der Waals surface area contributed by atoms with Gasteiger partial charge in [0.25, 0.3) is 0 Å². The van der Waals surface area contributed by atoms with Crippen molar-refractivity contribution in [1.82, 2.24) is 0 Å². The van der Waals surface area contributed by atoms with E-state index in [2.05, 4.69) is 217 Å². The van der Waals surface area contributed by atoms with Gasteiger partial charge in [-0.15, -0.1) is 11.3 Å². The number of benzene rings is 9. The van der Waals surface area contributed by atoms with Crippen LogP contribution in [-0.2, 0) is 5.41 Å². The minimum atomic E-state index is -0.493.